The molecule has 2 aromatic carbocycles. The van der Waals surface area contributed by atoms with Crippen LogP contribution in [-0.4, -0.2) is 29.8 Å². The molecule has 1 aliphatic rings. The monoisotopic (exact) mass is 472 g/mol. The zero-order chi connectivity index (χ0) is 17.8. The van der Waals surface area contributed by atoms with E-state index in [-0.39, 0.29) is 29.3 Å². The summed E-state index contributed by atoms with van der Waals surface area (Å²) in [6.45, 7) is 3.02. The topological polar surface area (TPSA) is 32.7 Å². The molecule has 0 fully saturated rings. The summed E-state index contributed by atoms with van der Waals surface area (Å²) in [5.41, 5.74) is 2.61. The summed E-state index contributed by atoms with van der Waals surface area (Å²) in [6.07, 6.45) is 1.06. The quantitative estimate of drug-likeness (QED) is 0.505. The average Bonchev–Trinajstić information content (AvgIpc) is 2.61. The number of carbonyl (C=O) groups is 1. The minimum atomic E-state index is -0.0592. The molecule has 3 nitrogen and oxygen atoms in total. The first-order valence-electron chi connectivity index (χ1n) is 8.04. The highest BCUT2D eigenvalue weighted by Gasteiger charge is 2.21. The van der Waals surface area contributed by atoms with Crippen LogP contribution in [0.2, 0.25) is 10.0 Å². The molecule has 0 unspecified atom stereocenters. The van der Waals surface area contributed by atoms with Crippen molar-refractivity contribution >= 4 is 68.6 Å². The Morgan fingerprint density at radius 2 is 1.92 bits per heavy atom. The first-order valence-corrected chi connectivity index (χ1v) is 9.78. The molecule has 3 rings (SSSR count). The maximum Gasteiger partial charge on any atom is 0.184 e. The SMILES string of the molecule is Br.Cc1ccc(N(CC(=O)c2ccc(Cl)cc2Cl)C2=NCCCS2)cc1. The Bertz CT molecular complexity index is 812. The van der Waals surface area contributed by atoms with Crippen LogP contribution in [0.15, 0.2) is 47.5 Å². The van der Waals surface area contributed by atoms with Gasteiger partial charge in [-0.15, -0.1) is 17.0 Å². The van der Waals surface area contributed by atoms with Gasteiger partial charge in [0.15, 0.2) is 11.0 Å². The van der Waals surface area contributed by atoms with Crippen LogP contribution >= 0.6 is 51.9 Å². The minimum absolute atomic E-state index is 0. The van der Waals surface area contributed by atoms with Gasteiger partial charge in [-0.1, -0.05) is 52.7 Å². The highest BCUT2D eigenvalue weighted by atomic mass is 79.9. The van der Waals surface area contributed by atoms with Crippen molar-refractivity contribution in [3.05, 3.63) is 63.6 Å². The van der Waals surface area contributed by atoms with Gasteiger partial charge in [-0.3, -0.25) is 9.79 Å². The van der Waals surface area contributed by atoms with Gasteiger partial charge in [0, 0.05) is 28.6 Å². The Labute approximate surface area is 178 Å². The minimum Gasteiger partial charge on any atom is -0.313 e. The highest BCUT2D eigenvalue weighted by Crippen LogP contribution is 2.26. The third-order valence-electron chi connectivity index (χ3n) is 3.89. The number of amidine groups is 1. The van der Waals surface area contributed by atoms with Gasteiger partial charge in [0.1, 0.15) is 0 Å². The molecule has 1 heterocycles. The third-order valence-corrected chi connectivity index (χ3v) is 5.54. The molecule has 0 saturated heterocycles. The predicted molar refractivity (Wildman–Crippen MR) is 119 cm³/mol. The number of hydrogen-bond donors (Lipinski definition) is 0. The lowest BCUT2D eigenvalue weighted by Gasteiger charge is -2.27. The average molecular weight is 474 g/mol. The van der Waals surface area contributed by atoms with Crippen molar-refractivity contribution in [1.82, 2.24) is 0 Å². The van der Waals surface area contributed by atoms with E-state index >= 15 is 0 Å². The molecule has 0 spiro atoms. The molecular formula is C19H19BrCl2N2OS. The van der Waals surface area contributed by atoms with E-state index in [0.29, 0.717) is 15.6 Å². The lowest BCUT2D eigenvalue weighted by molar-refractivity contribution is 0.100. The molecule has 0 atom stereocenters. The molecular weight excluding hydrogens is 455 g/mol. The van der Waals surface area contributed by atoms with Crippen LogP contribution in [0, 0.1) is 6.92 Å². The van der Waals surface area contributed by atoms with E-state index in [1.807, 2.05) is 36.1 Å². The van der Waals surface area contributed by atoms with E-state index in [4.69, 9.17) is 23.2 Å². The van der Waals surface area contributed by atoms with E-state index in [1.54, 1.807) is 30.0 Å². The summed E-state index contributed by atoms with van der Waals surface area (Å²) in [5.74, 6) is 0.952. The second-order valence-electron chi connectivity index (χ2n) is 5.84. The van der Waals surface area contributed by atoms with Gasteiger partial charge in [0.2, 0.25) is 0 Å². The number of carbonyl (C=O) groups excluding carboxylic acids is 1. The smallest absolute Gasteiger partial charge is 0.184 e. The van der Waals surface area contributed by atoms with Crippen LogP contribution in [0.1, 0.15) is 22.3 Å². The molecule has 0 saturated carbocycles. The van der Waals surface area contributed by atoms with Crippen LogP contribution in [-0.2, 0) is 0 Å². The number of aryl methyl sites for hydroxylation is 1. The fourth-order valence-corrected chi connectivity index (χ4v) is 4.03. The molecule has 0 amide bonds. The zero-order valence-electron chi connectivity index (χ0n) is 14.2. The number of thioether (sulfide) groups is 1. The Balaban J connectivity index is 0.00000243. The van der Waals surface area contributed by atoms with Gasteiger partial charge in [-0.05, 0) is 43.7 Å². The summed E-state index contributed by atoms with van der Waals surface area (Å²) in [4.78, 5) is 19.4. The number of hydrogen-bond acceptors (Lipinski definition) is 4. The van der Waals surface area contributed by atoms with Gasteiger partial charge >= 0.3 is 0 Å². The molecule has 0 aromatic heterocycles. The van der Waals surface area contributed by atoms with Crippen molar-refractivity contribution in [2.24, 2.45) is 4.99 Å². The van der Waals surface area contributed by atoms with Crippen LogP contribution < -0.4 is 4.90 Å². The molecule has 1 aliphatic heterocycles. The first kappa shape index (κ1) is 21.3. The van der Waals surface area contributed by atoms with Crippen LogP contribution in [0.25, 0.3) is 0 Å². The van der Waals surface area contributed by atoms with E-state index in [9.17, 15) is 4.79 Å². The second kappa shape index (κ2) is 9.79. The predicted octanol–water partition coefficient (Wildman–Crippen LogP) is 6.06. The first-order chi connectivity index (χ1) is 12.0. The number of anilines is 1. The van der Waals surface area contributed by atoms with Crippen molar-refractivity contribution in [1.29, 1.82) is 0 Å². The Morgan fingerprint density at radius 1 is 1.19 bits per heavy atom. The lowest BCUT2D eigenvalue weighted by Crippen LogP contribution is -2.35. The second-order valence-corrected chi connectivity index (χ2v) is 7.74. The Morgan fingerprint density at radius 3 is 2.54 bits per heavy atom. The van der Waals surface area contributed by atoms with E-state index in [1.165, 1.54) is 5.56 Å². The molecule has 138 valence electrons. The summed E-state index contributed by atoms with van der Waals surface area (Å²) in [5, 5.41) is 1.78. The Hall–Kier alpha value is -1.01. The van der Waals surface area contributed by atoms with Gasteiger partial charge < -0.3 is 4.90 Å². The fourth-order valence-electron chi connectivity index (χ4n) is 2.55. The van der Waals surface area contributed by atoms with E-state index in [0.717, 1.165) is 29.6 Å². The number of Topliss-reactive ketones (excluding diaryl/α,β-unsaturated/α-hetero) is 1. The molecule has 7 heteroatoms. The van der Waals surface area contributed by atoms with Gasteiger partial charge in [0.25, 0.3) is 0 Å². The van der Waals surface area contributed by atoms with Crippen molar-refractivity contribution in [2.75, 3.05) is 23.7 Å². The maximum absolute atomic E-state index is 12.8. The number of halogens is 3. The zero-order valence-corrected chi connectivity index (χ0v) is 18.3. The number of nitrogens with zero attached hydrogens (tertiary/aromatic N) is 2. The largest absolute Gasteiger partial charge is 0.313 e. The van der Waals surface area contributed by atoms with Gasteiger partial charge in [0.05, 0.1) is 11.6 Å². The van der Waals surface area contributed by atoms with Crippen molar-refractivity contribution in [2.45, 2.75) is 13.3 Å². The fraction of sp³-hybridized carbons (Fsp3) is 0.263. The number of ketones is 1. The van der Waals surface area contributed by atoms with Gasteiger partial charge in [-0.2, -0.15) is 0 Å². The molecule has 2 aromatic rings. The normalized spacial score (nSPS) is 13.6. The van der Waals surface area contributed by atoms with E-state index < -0.39 is 0 Å². The molecule has 0 N–H and O–H groups in total. The molecule has 0 bridgehead atoms. The van der Waals surface area contributed by atoms with Crippen molar-refractivity contribution in [3.8, 4) is 0 Å². The number of aliphatic imine (C=N–C) groups is 1. The highest BCUT2D eigenvalue weighted by molar-refractivity contribution is 8.93. The summed E-state index contributed by atoms with van der Waals surface area (Å²) in [7, 11) is 0. The number of rotatable bonds is 4. The molecule has 26 heavy (non-hydrogen) atoms. The Kier molecular flexibility index (Phi) is 8.02. The van der Waals surface area contributed by atoms with E-state index in [2.05, 4.69) is 4.99 Å². The van der Waals surface area contributed by atoms with Crippen LogP contribution in [0.3, 0.4) is 0 Å². The maximum atomic E-state index is 12.8. The van der Waals surface area contributed by atoms with Crippen molar-refractivity contribution < 1.29 is 4.79 Å². The molecule has 0 radical (unpaired) electrons. The van der Waals surface area contributed by atoms with Crippen LogP contribution in [0.5, 0.6) is 0 Å². The summed E-state index contributed by atoms with van der Waals surface area (Å²) >= 11 is 13.8. The van der Waals surface area contributed by atoms with Crippen molar-refractivity contribution in [3.63, 3.8) is 0 Å². The standard InChI is InChI=1S/C19H18Cl2N2OS.BrH/c1-13-3-6-15(7-4-13)23(19-22-9-2-10-25-19)12-18(24)16-8-5-14(20)11-17(16)21;/h3-8,11H,2,9-10,12H2,1H3;1H. The van der Waals surface area contributed by atoms with Gasteiger partial charge in [-0.25, -0.2) is 0 Å². The number of benzene rings is 2. The summed E-state index contributed by atoms with van der Waals surface area (Å²) < 4.78 is 0. The summed E-state index contributed by atoms with van der Waals surface area (Å²) in [6, 6.07) is 13.1. The molecule has 0 aliphatic carbocycles. The lowest BCUT2D eigenvalue weighted by atomic mass is 10.1. The van der Waals surface area contributed by atoms with Crippen LogP contribution in [0.4, 0.5) is 5.69 Å². The third kappa shape index (κ3) is 5.26.